The minimum absolute atomic E-state index is 0.0436. The minimum Gasteiger partial charge on any atom is -0.362 e. The van der Waals surface area contributed by atoms with E-state index in [1.807, 2.05) is 0 Å². The maximum Gasteiger partial charge on any atom is 0.259 e. The van der Waals surface area contributed by atoms with Crippen molar-refractivity contribution in [3.8, 4) is 0 Å². The lowest BCUT2D eigenvalue weighted by Gasteiger charge is -2.01. The molecule has 0 fully saturated rings. The summed E-state index contributed by atoms with van der Waals surface area (Å²) in [4.78, 5) is 14.8. The highest BCUT2D eigenvalue weighted by molar-refractivity contribution is 7.89. The van der Waals surface area contributed by atoms with Crippen molar-refractivity contribution < 1.29 is 22.5 Å². The Hall–Kier alpha value is -1.48. The van der Waals surface area contributed by atoms with Crippen molar-refractivity contribution in [2.75, 3.05) is 12.9 Å². The van der Waals surface area contributed by atoms with Gasteiger partial charge in [0.05, 0.1) is 6.26 Å². The van der Waals surface area contributed by atoms with Gasteiger partial charge in [0, 0.05) is 0 Å². The first-order valence-corrected chi connectivity index (χ1v) is 6.13. The van der Waals surface area contributed by atoms with Crippen LogP contribution in [0.2, 0.25) is 0 Å². The average molecular weight is 249 g/mol. The van der Waals surface area contributed by atoms with Crippen LogP contribution in [0.25, 0.3) is 0 Å². The fourth-order valence-corrected chi connectivity index (χ4v) is 1.34. The van der Waals surface area contributed by atoms with E-state index in [-0.39, 0.29) is 12.5 Å². The molecule has 1 aromatic heterocycles. The van der Waals surface area contributed by atoms with Gasteiger partial charge in [0.1, 0.15) is 13.2 Å². The molecule has 0 unspecified atom stereocenters. The number of aromatic nitrogens is 2. The van der Waals surface area contributed by atoms with Crippen LogP contribution in [0.3, 0.4) is 0 Å². The second-order valence-corrected chi connectivity index (χ2v) is 4.77. The zero-order chi connectivity index (χ0) is 12.2. The van der Waals surface area contributed by atoms with Crippen LogP contribution in [0, 0.1) is 6.92 Å². The molecule has 0 aliphatic carbocycles. The van der Waals surface area contributed by atoms with Gasteiger partial charge in [0.15, 0.2) is 5.82 Å². The van der Waals surface area contributed by atoms with E-state index in [2.05, 4.69) is 10.1 Å². The zero-order valence-electron chi connectivity index (χ0n) is 8.76. The molecule has 1 N–H and O–H groups in total. The quantitative estimate of drug-likeness (QED) is 0.710. The summed E-state index contributed by atoms with van der Waals surface area (Å²) in [5, 5.41) is 3.51. The molecule has 0 aromatic carbocycles. The highest BCUT2D eigenvalue weighted by Gasteiger charge is 2.09. The smallest absolute Gasteiger partial charge is 0.259 e. The molecule has 16 heavy (non-hydrogen) atoms. The molecule has 90 valence electrons. The van der Waals surface area contributed by atoms with E-state index < -0.39 is 22.5 Å². The largest absolute Gasteiger partial charge is 0.362 e. The third kappa shape index (κ3) is 4.84. The number of aryl methyl sites for hydroxylation is 1. The molecule has 0 saturated carbocycles. The molecule has 1 rings (SSSR count). The number of carbonyl (C=O) groups excluding carboxylic acids is 1. The second kappa shape index (κ2) is 5.03. The van der Waals surface area contributed by atoms with E-state index >= 15 is 0 Å². The lowest BCUT2D eigenvalue weighted by atomic mass is 10.6. The Kier molecular flexibility index (Phi) is 3.96. The van der Waals surface area contributed by atoms with E-state index in [0.717, 1.165) is 6.26 Å². The van der Waals surface area contributed by atoms with Gasteiger partial charge in [-0.2, -0.15) is 4.98 Å². The minimum atomic E-state index is -3.55. The number of rotatable bonds is 5. The van der Waals surface area contributed by atoms with Crippen molar-refractivity contribution in [2.24, 2.45) is 0 Å². The normalized spacial score (nSPS) is 11.4. The highest BCUT2D eigenvalue weighted by atomic mass is 32.2. The Morgan fingerprint density at radius 2 is 2.25 bits per heavy atom. The molecule has 0 spiro atoms. The first kappa shape index (κ1) is 12.6. The maximum atomic E-state index is 11.0. The molecule has 9 heteroatoms. The molecule has 0 aliphatic heterocycles. The highest BCUT2D eigenvalue weighted by Crippen LogP contribution is 1.97. The molecule has 0 aliphatic rings. The summed E-state index contributed by atoms with van der Waals surface area (Å²) in [6, 6.07) is 0. The molecule has 0 saturated heterocycles. The lowest BCUT2D eigenvalue weighted by Crippen LogP contribution is -2.32. The van der Waals surface area contributed by atoms with Gasteiger partial charge < -0.3 is 9.26 Å². The molecular formula is C7H11N3O5S. The van der Waals surface area contributed by atoms with Crippen molar-refractivity contribution in [2.45, 2.75) is 13.5 Å². The first-order chi connectivity index (χ1) is 7.37. The van der Waals surface area contributed by atoms with Crippen LogP contribution in [-0.2, 0) is 26.2 Å². The van der Waals surface area contributed by atoms with Crippen LogP contribution < -0.4 is 4.72 Å². The SMILES string of the molecule is Cc1noc(COCC(=O)NS(C)(=O)=O)n1. The van der Waals surface area contributed by atoms with Crippen molar-refractivity contribution in [1.29, 1.82) is 0 Å². The zero-order valence-corrected chi connectivity index (χ0v) is 9.57. The number of nitrogens with one attached hydrogen (secondary N) is 1. The van der Waals surface area contributed by atoms with Gasteiger partial charge in [-0.15, -0.1) is 0 Å². The number of hydrogen-bond donors (Lipinski definition) is 1. The molecule has 1 amide bonds. The Balaban J connectivity index is 2.28. The van der Waals surface area contributed by atoms with Crippen molar-refractivity contribution in [3.63, 3.8) is 0 Å². The summed E-state index contributed by atoms with van der Waals surface area (Å²) in [6.07, 6.45) is 0.881. The van der Waals surface area contributed by atoms with Gasteiger partial charge in [-0.25, -0.2) is 8.42 Å². The molecule has 8 nitrogen and oxygen atoms in total. The monoisotopic (exact) mass is 249 g/mol. The van der Waals surface area contributed by atoms with Crippen LogP contribution in [0.1, 0.15) is 11.7 Å². The van der Waals surface area contributed by atoms with Crippen LogP contribution >= 0.6 is 0 Å². The van der Waals surface area contributed by atoms with Gasteiger partial charge in [-0.1, -0.05) is 5.16 Å². The van der Waals surface area contributed by atoms with Crippen molar-refractivity contribution >= 4 is 15.9 Å². The Labute approximate surface area is 92.0 Å². The summed E-state index contributed by atoms with van der Waals surface area (Å²) in [5.74, 6) is -0.0671. The van der Waals surface area contributed by atoms with Gasteiger partial charge in [-0.05, 0) is 6.92 Å². The van der Waals surface area contributed by atoms with Crippen LogP contribution in [0.15, 0.2) is 4.52 Å². The fourth-order valence-electron chi connectivity index (χ4n) is 0.866. The lowest BCUT2D eigenvalue weighted by molar-refractivity contribution is -0.124. The van der Waals surface area contributed by atoms with Gasteiger partial charge in [0.25, 0.3) is 11.8 Å². The number of amides is 1. The molecule has 1 heterocycles. The predicted octanol–water partition coefficient (Wildman–Crippen LogP) is -1.03. The van der Waals surface area contributed by atoms with E-state index in [1.54, 1.807) is 11.6 Å². The van der Waals surface area contributed by atoms with Crippen molar-refractivity contribution in [1.82, 2.24) is 14.9 Å². The summed E-state index contributed by atoms with van der Waals surface area (Å²) in [6.45, 7) is 1.20. The number of carbonyl (C=O) groups is 1. The van der Waals surface area contributed by atoms with Gasteiger partial charge in [-0.3, -0.25) is 9.52 Å². The molecule has 1 aromatic rings. The third-order valence-corrected chi connectivity index (χ3v) is 1.93. The number of nitrogens with zero attached hydrogens (tertiary/aromatic N) is 2. The topological polar surface area (TPSA) is 111 Å². The first-order valence-electron chi connectivity index (χ1n) is 4.24. The van der Waals surface area contributed by atoms with Crippen molar-refractivity contribution in [3.05, 3.63) is 11.7 Å². The number of hydrogen-bond acceptors (Lipinski definition) is 7. The van der Waals surface area contributed by atoms with E-state index in [1.165, 1.54) is 0 Å². The van der Waals surface area contributed by atoms with Gasteiger partial charge in [0.2, 0.25) is 10.0 Å². The molecule has 0 bridgehead atoms. The standard InChI is InChI=1S/C7H11N3O5S/c1-5-8-7(15-9-5)4-14-3-6(11)10-16(2,12)13/h3-4H2,1-2H3,(H,10,11). The number of sulfonamides is 1. The van der Waals surface area contributed by atoms with Crippen LogP contribution in [-0.4, -0.2) is 37.3 Å². The molecule has 0 radical (unpaired) electrons. The van der Waals surface area contributed by atoms with E-state index in [9.17, 15) is 13.2 Å². The summed E-state index contributed by atoms with van der Waals surface area (Å²) < 4.78 is 32.6. The Bertz CT molecular complexity index is 466. The summed E-state index contributed by atoms with van der Waals surface area (Å²) in [7, 11) is -3.55. The third-order valence-electron chi connectivity index (χ3n) is 1.33. The van der Waals surface area contributed by atoms with Crippen LogP contribution in [0.4, 0.5) is 0 Å². The number of ether oxygens (including phenoxy) is 1. The maximum absolute atomic E-state index is 11.0. The van der Waals surface area contributed by atoms with Crippen LogP contribution in [0.5, 0.6) is 0 Å². The Morgan fingerprint density at radius 3 is 2.75 bits per heavy atom. The average Bonchev–Trinajstić information content (AvgIpc) is 2.48. The Morgan fingerprint density at radius 1 is 1.56 bits per heavy atom. The molecule has 0 atom stereocenters. The summed E-state index contributed by atoms with van der Waals surface area (Å²) in [5.41, 5.74) is 0. The van der Waals surface area contributed by atoms with E-state index in [0.29, 0.717) is 5.82 Å². The summed E-state index contributed by atoms with van der Waals surface area (Å²) >= 11 is 0. The van der Waals surface area contributed by atoms with E-state index in [4.69, 9.17) is 9.26 Å². The predicted molar refractivity (Wildman–Crippen MR) is 51.7 cm³/mol. The second-order valence-electron chi connectivity index (χ2n) is 3.03. The molecular weight excluding hydrogens is 238 g/mol. The van der Waals surface area contributed by atoms with Gasteiger partial charge >= 0.3 is 0 Å². The fraction of sp³-hybridized carbons (Fsp3) is 0.571.